The summed E-state index contributed by atoms with van der Waals surface area (Å²) in [7, 11) is 0. The Hall–Kier alpha value is -1.13. The lowest BCUT2D eigenvalue weighted by Gasteiger charge is -2.23. The quantitative estimate of drug-likeness (QED) is 0.154. The zero-order valence-electron chi connectivity index (χ0n) is 19.8. The molecule has 0 unspecified atom stereocenters. The van der Waals surface area contributed by atoms with Crippen molar-refractivity contribution in [3.8, 4) is 0 Å². The molecule has 4 aromatic rings. The number of fused-ring (bicyclic) bond motifs is 3. The molecule has 0 atom stereocenters. The maximum atomic E-state index is 2.60. The van der Waals surface area contributed by atoms with Crippen molar-refractivity contribution in [3.05, 3.63) is 55.0 Å². The van der Waals surface area contributed by atoms with E-state index < -0.39 is 0 Å². The van der Waals surface area contributed by atoms with Crippen LogP contribution in [0.1, 0.15) is 81.2 Å². The molecule has 164 valence electrons. The Morgan fingerprint density at radius 2 is 1.13 bits per heavy atom. The van der Waals surface area contributed by atoms with Crippen molar-refractivity contribution in [3.63, 3.8) is 0 Å². The summed E-state index contributed by atoms with van der Waals surface area (Å²) in [4.78, 5) is 0. The minimum Gasteiger partial charge on any atom is -0.143 e. The predicted octanol–water partition coefficient (Wildman–Crippen LogP) is 9.93. The number of thiophene rings is 1. The van der Waals surface area contributed by atoms with E-state index in [1.165, 1.54) is 92.1 Å². The molecule has 0 radical (unpaired) electrons. The summed E-state index contributed by atoms with van der Waals surface area (Å²) >= 11 is 4.48. The van der Waals surface area contributed by atoms with Crippen LogP contribution in [0, 0.1) is 10.5 Å². The fourth-order valence-electron chi connectivity index (χ4n) is 5.50. The monoisotopic (exact) mass is 542 g/mol. The second-order valence-electron chi connectivity index (χ2n) is 8.96. The van der Waals surface area contributed by atoms with Crippen LogP contribution < -0.4 is 0 Å². The van der Waals surface area contributed by atoms with Gasteiger partial charge in [-0.15, -0.1) is 11.3 Å². The average molecular weight is 543 g/mol. The van der Waals surface area contributed by atoms with E-state index in [1.807, 2.05) is 11.3 Å². The van der Waals surface area contributed by atoms with Crippen LogP contribution in [0.25, 0.3) is 31.6 Å². The molecule has 0 aliphatic rings. The van der Waals surface area contributed by atoms with Crippen LogP contribution in [0.4, 0.5) is 0 Å². The Morgan fingerprint density at radius 3 is 1.65 bits per heavy atom. The molecule has 2 heteroatoms. The van der Waals surface area contributed by atoms with Crippen LogP contribution in [0.5, 0.6) is 0 Å². The van der Waals surface area contributed by atoms with Crippen molar-refractivity contribution >= 4 is 65.6 Å². The lowest BCUT2D eigenvalue weighted by molar-refractivity contribution is 0.810. The summed E-state index contributed by atoms with van der Waals surface area (Å²) in [6.45, 7) is 11.7. The number of benzene rings is 3. The number of aryl methyl sites for hydroxylation is 3. The van der Waals surface area contributed by atoms with Crippen LogP contribution in [0.15, 0.2) is 23.6 Å². The summed E-state index contributed by atoms with van der Waals surface area (Å²) in [5, 5.41) is 9.66. The van der Waals surface area contributed by atoms with Gasteiger partial charge in [0.25, 0.3) is 0 Å². The molecule has 4 rings (SSSR count). The second kappa shape index (κ2) is 9.79. The van der Waals surface area contributed by atoms with Gasteiger partial charge in [-0.25, -0.2) is 0 Å². The van der Waals surface area contributed by atoms with E-state index in [0.29, 0.717) is 0 Å². The van der Waals surface area contributed by atoms with Gasteiger partial charge in [-0.05, 0) is 134 Å². The minimum absolute atomic E-state index is 1.19. The summed E-state index contributed by atoms with van der Waals surface area (Å²) < 4.78 is 2.88. The van der Waals surface area contributed by atoms with Crippen LogP contribution >= 0.6 is 33.9 Å². The summed E-state index contributed by atoms with van der Waals surface area (Å²) in [5.74, 6) is 0. The molecule has 0 spiro atoms. The minimum atomic E-state index is 1.19. The molecule has 0 amide bonds. The lowest BCUT2D eigenvalue weighted by atomic mass is 9.81. The number of rotatable bonds is 8. The van der Waals surface area contributed by atoms with E-state index in [0.717, 1.165) is 0 Å². The van der Waals surface area contributed by atoms with Crippen LogP contribution in [-0.4, -0.2) is 0 Å². The van der Waals surface area contributed by atoms with E-state index in [9.17, 15) is 0 Å². The van der Waals surface area contributed by atoms with Crippen LogP contribution in [-0.2, 0) is 25.7 Å². The Morgan fingerprint density at radius 1 is 0.645 bits per heavy atom. The van der Waals surface area contributed by atoms with Crippen LogP contribution in [0.3, 0.4) is 0 Å². The van der Waals surface area contributed by atoms with E-state index in [1.54, 1.807) is 22.3 Å². The smallest absolute Gasteiger partial charge is 0.0485 e. The first kappa shape index (κ1) is 23.0. The highest BCUT2D eigenvalue weighted by molar-refractivity contribution is 14.1. The van der Waals surface area contributed by atoms with E-state index in [2.05, 4.69) is 80.8 Å². The molecule has 1 aromatic heterocycles. The highest BCUT2D eigenvalue weighted by Gasteiger charge is 2.20. The topological polar surface area (TPSA) is 0 Å². The van der Waals surface area contributed by atoms with E-state index >= 15 is 0 Å². The summed E-state index contributed by atoms with van der Waals surface area (Å²) in [6.07, 6.45) is 9.69. The van der Waals surface area contributed by atoms with E-state index in [4.69, 9.17) is 0 Å². The SMILES string of the molecule is CCCc1c(CCC)c(CCC)c2cc3c(I)c4sccc4c(C)c3cc2c1CCC. The van der Waals surface area contributed by atoms with Gasteiger partial charge in [0.15, 0.2) is 0 Å². The molecule has 0 N–H and O–H groups in total. The van der Waals surface area contributed by atoms with Crippen molar-refractivity contribution in [2.75, 3.05) is 0 Å². The number of halogens is 1. The highest BCUT2D eigenvalue weighted by atomic mass is 127. The molecule has 0 fully saturated rings. The largest absolute Gasteiger partial charge is 0.143 e. The highest BCUT2D eigenvalue weighted by Crippen LogP contribution is 2.42. The average Bonchev–Trinajstić information content (AvgIpc) is 3.26. The van der Waals surface area contributed by atoms with Crippen molar-refractivity contribution in [1.82, 2.24) is 0 Å². The Labute approximate surface area is 205 Å². The molecule has 0 aliphatic heterocycles. The third-order valence-corrected chi connectivity index (χ3v) is 9.23. The van der Waals surface area contributed by atoms with Gasteiger partial charge in [0, 0.05) is 8.27 Å². The molecule has 3 aromatic carbocycles. The third-order valence-electron chi connectivity index (χ3n) is 6.81. The van der Waals surface area contributed by atoms with Gasteiger partial charge in [-0.1, -0.05) is 53.4 Å². The maximum Gasteiger partial charge on any atom is 0.0485 e. The lowest BCUT2D eigenvalue weighted by Crippen LogP contribution is -2.07. The molecule has 0 saturated carbocycles. The molecular weight excluding hydrogens is 507 g/mol. The first-order chi connectivity index (χ1) is 15.1. The predicted molar refractivity (Wildman–Crippen MR) is 150 cm³/mol. The molecule has 0 bridgehead atoms. The van der Waals surface area contributed by atoms with Crippen molar-refractivity contribution < 1.29 is 0 Å². The number of hydrogen-bond donors (Lipinski definition) is 0. The molecule has 0 aliphatic carbocycles. The first-order valence-corrected chi connectivity index (χ1v) is 14.1. The van der Waals surface area contributed by atoms with Crippen molar-refractivity contribution in [2.45, 2.75) is 86.0 Å². The summed E-state index contributed by atoms with van der Waals surface area (Å²) in [6, 6.07) is 7.44. The van der Waals surface area contributed by atoms with Crippen molar-refractivity contribution in [2.24, 2.45) is 0 Å². The third kappa shape index (κ3) is 3.93. The molecule has 0 saturated heterocycles. The Bertz CT molecular complexity index is 1150. The van der Waals surface area contributed by atoms with Gasteiger partial charge < -0.3 is 0 Å². The zero-order valence-corrected chi connectivity index (χ0v) is 22.7. The molecule has 31 heavy (non-hydrogen) atoms. The zero-order chi connectivity index (χ0) is 22.1. The maximum absolute atomic E-state index is 2.60. The summed E-state index contributed by atoms with van der Waals surface area (Å²) in [5.41, 5.74) is 8.10. The van der Waals surface area contributed by atoms with E-state index in [-0.39, 0.29) is 0 Å². The van der Waals surface area contributed by atoms with Gasteiger partial charge in [0.1, 0.15) is 0 Å². The number of hydrogen-bond acceptors (Lipinski definition) is 1. The van der Waals surface area contributed by atoms with Crippen molar-refractivity contribution in [1.29, 1.82) is 0 Å². The molecular formula is C29H35IS. The first-order valence-electron chi connectivity index (χ1n) is 12.1. The fourth-order valence-corrected chi connectivity index (χ4v) is 7.52. The van der Waals surface area contributed by atoms with Crippen LogP contribution in [0.2, 0.25) is 0 Å². The fraction of sp³-hybridized carbons (Fsp3) is 0.448. The van der Waals surface area contributed by atoms with Gasteiger partial charge in [0.2, 0.25) is 0 Å². The standard InChI is InChI=1S/C29H35IS/c1-6-10-20-21(11-7-2)23(13-9-4)26-17-27-24(16-25(26)22(20)12-8-3)18(5)19-14-15-31-29(19)28(27)30/h14-17H,6-13H2,1-5H3. The Kier molecular flexibility index (Phi) is 7.27. The molecule has 0 nitrogen and oxygen atoms in total. The normalized spacial score (nSPS) is 11.9. The molecule has 1 heterocycles. The van der Waals surface area contributed by atoms with Gasteiger partial charge >= 0.3 is 0 Å². The van der Waals surface area contributed by atoms with Gasteiger partial charge in [-0.2, -0.15) is 0 Å². The second-order valence-corrected chi connectivity index (χ2v) is 11.0. The Balaban J connectivity index is 2.22. The van der Waals surface area contributed by atoms with Gasteiger partial charge in [-0.3, -0.25) is 0 Å². The van der Waals surface area contributed by atoms with Gasteiger partial charge in [0.05, 0.1) is 0 Å².